The number of aromatic nitrogens is 2. The first kappa shape index (κ1) is 29.0. The standard InChI is InChI=1S/C29H30N6O5S2/c1-17-14-20(9-11-23(17)32-42(5,38)39)34-28(27(31-29(34)41)24-8-6-7-13-30-24)22-15-18(2)33(19(22)3)25-12-10-21(40-4)16-26(25)35(36)37/h6-16,27-28,32H,1-5H3,(H,31,41)/t27-,28-/m1/s1. The number of nitro benzene ring substituents is 1. The van der Waals surface area contributed by atoms with E-state index in [1.165, 1.54) is 13.2 Å². The monoisotopic (exact) mass is 606 g/mol. The summed E-state index contributed by atoms with van der Waals surface area (Å²) in [5.74, 6) is 0.393. The van der Waals surface area contributed by atoms with Gasteiger partial charge in [0, 0.05) is 23.3 Å². The summed E-state index contributed by atoms with van der Waals surface area (Å²) in [6.07, 6.45) is 2.83. The van der Waals surface area contributed by atoms with Crippen LogP contribution in [0.15, 0.2) is 66.9 Å². The second kappa shape index (κ2) is 11.1. The molecule has 0 spiro atoms. The van der Waals surface area contributed by atoms with Crippen molar-refractivity contribution in [2.24, 2.45) is 0 Å². The Morgan fingerprint density at radius 2 is 1.86 bits per heavy atom. The van der Waals surface area contributed by atoms with E-state index in [1.54, 1.807) is 24.4 Å². The van der Waals surface area contributed by atoms with E-state index in [2.05, 4.69) is 15.0 Å². The van der Waals surface area contributed by atoms with Gasteiger partial charge in [0.1, 0.15) is 11.4 Å². The Morgan fingerprint density at radius 1 is 1.10 bits per heavy atom. The third-order valence-electron chi connectivity index (χ3n) is 7.29. The lowest BCUT2D eigenvalue weighted by Gasteiger charge is -2.29. The zero-order valence-electron chi connectivity index (χ0n) is 23.7. The van der Waals surface area contributed by atoms with E-state index in [9.17, 15) is 18.5 Å². The Bertz CT molecular complexity index is 1810. The number of thiocarbonyl (C=S) groups is 1. The summed E-state index contributed by atoms with van der Waals surface area (Å²) in [4.78, 5) is 18.2. The van der Waals surface area contributed by atoms with Crippen molar-refractivity contribution in [1.82, 2.24) is 14.9 Å². The van der Waals surface area contributed by atoms with Crippen molar-refractivity contribution >= 4 is 44.4 Å². The number of nitrogens with zero attached hydrogens (tertiary/aromatic N) is 4. The molecule has 0 radical (unpaired) electrons. The van der Waals surface area contributed by atoms with Crippen LogP contribution in [0.5, 0.6) is 5.75 Å². The number of nitrogens with one attached hydrogen (secondary N) is 2. The molecule has 1 aliphatic rings. The van der Waals surface area contributed by atoms with Crippen LogP contribution in [-0.2, 0) is 10.0 Å². The number of nitro groups is 1. The van der Waals surface area contributed by atoms with Gasteiger partial charge in [-0.15, -0.1) is 0 Å². The number of benzene rings is 2. The third kappa shape index (κ3) is 5.40. The number of hydrogen-bond donors (Lipinski definition) is 2. The largest absolute Gasteiger partial charge is 0.496 e. The Labute approximate surface area is 249 Å². The molecular formula is C29H30N6O5S2. The van der Waals surface area contributed by atoms with Crippen LogP contribution in [0, 0.1) is 30.9 Å². The highest BCUT2D eigenvalue weighted by Gasteiger charge is 2.42. The van der Waals surface area contributed by atoms with Gasteiger partial charge in [-0.25, -0.2) is 8.42 Å². The van der Waals surface area contributed by atoms with Crippen LogP contribution in [0.2, 0.25) is 0 Å². The number of rotatable bonds is 8. The van der Waals surface area contributed by atoms with Crippen molar-refractivity contribution in [3.8, 4) is 11.4 Å². The quantitative estimate of drug-likeness (QED) is 0.157. The van der Waals surface area contributed by atoms with Gasteiger partial charge in [0.25, 0.3) is 5.69 Å². The number of pyridine rings is 1. The van der Waals surface area contributed by atoms with Gasteiger partial charge in [-0.1, -0.05) is 6.07 Å². The van der Waals surface area contributed by atoms with E-state index in [1.807, 2.05) is 66.6 Å². The molecule has 1 fully saturated rings. The molecule has 5 rings (SSSR count). The van der Waals surface area contributed by atoms with Gasteiger partial charge < -0.3 is 19.5 Å². The highest BCUT2D eigenvalue weighted by Crippen LogP contribution is 2.45. The summed E-state index contributed by atoms with van der Waals surface area (Å²) >= 11 is 5.86. The van der Waals surface area contributed by atoms with Crippen LogP contribution in [-0.4, -0.2) is 41.4 Å². The number of ether oxygens (including phenoxy) is 1. The van der Waals surface area contributed by atoms with Gasteiger partial charge in [0.2, 0.25) is 10.0 Å². The molecule has 0 saturated carbocycles. The molecule has 0 amide bonds. The zero-order valence-corrected chi connectivity index (χ0v) is 25.3. The van der Waals surface area contributed by atoms with Gasteiger partial charge >= 0.3 is 0 Å². The maximum Gasteiger partial charge on any atom is 0.296 e. The van der Waals surface area contributed by atoms with Gasteiger partial charge in [-0.3, -0.25) is 19.8 Å². The predicted molar refractivity (Wildman–Crippen MR) is 166 cm³/mol. The molecule has 13 heteroatoms. The molecule has 2 aromatic heterocycles. The fourth-order valence-electron chi connectivity index (χ4n) is 5.48. The summed E-state index contributed by atoms with van der Waals surface area (Å²) in [6.45, 7) is 5.65. The third-order valence-corrected chi connectivity index (χ3v) is 8.20. The molecule has 11 nitrogen and oxygen atoms in total. The molecule has 1 aliphatic heterocycles. The Balaban J connectivity index is 1.68. The molecule has 0 aliphatic carbocycles. The Hall–Kier alpha value is -4.49. The van der Waals surface area contributed by atoms with E-state index >= 15 is 0 Å². The number of methoxy groups -OCH3 is 1. The van der Waals surface area contributed by atoms with E-state index < -0.39 is 14.9 Å². The van der Waals surface area contributed by atoms with Gasteiger partial charge in [-0.2, -0.15) is 0 Å². The highest BCUT2D eigenvalue weighted by molar-refractivity contribution is 7.92. The van der Waals surface area contributed by atoms with Crippen molar-refractivity contribution in [2.75, 3.05) is 23.0 Å². The lowest BCUT2D eigenvalue weighted by atomic mass is 9.96. The fraction of sp³-hybridized carbons (Fsp3) is 0.241. The zero-order chi connectivity index (χ0) is 30.3. The van der Waals surface area contributed by atoms with Gasteiger partial charge in [0.05, 0.1) is 47.8 Å². The molecule has 1 saturated heterocycles. The SMILES string of the molecule is COc1ccc(-n2c(C)cc([C@@H]3[C@@H](c4ccccn4)NC(=S)N3c3ccc(NS(C)(=O)=O)c(C)c3)c2C)c([N+](=O)[O-])c1. The van der Waals surface area contributed by atoms with Crippen LogP contribution in [0.3, 0.4) is 0 Å². The lowest BCUT2D eigenvalue weighted by Crippen LogP contribution is -2.29. The molecule has 4 aromatic rings. The van der Waals surface area contributed by atoms with Crippen LogP contribution in [0.4, 0.5) is 17.1 Å². The maximum atomic E-state index is 12.1. The van der Waals surface area contributed by atoms with E-state index in [-0.39, 0.29) is 17.8 Å². The molecular weight excluding hydrogens is 576 g/mol. The molecule has 0 bridgehead atoms. The first-order chi connectivity index (χ1) is 19.9. The molecule has 3 heterocycles. The molecule has 2 N–H and O–H groups in total. The predicted octanol–water partition coefficient (Wildman–Crippen LogP) is 5.26. The smallest absolute Gasteiger partial charge is 0.296 e. The number of anilines is 2. The molecule has 218 valence electrons. The van der Waals surface area contributed by atoms with Crippen molar-refractivity contribution < 1.29 is 18.1 Å². The van der Waals surface area contributed by atoms with Crippen LogP contribution in [0.25, 0.3) is 5.69 Å². The van der Waals surface area contributed by atoms with E-state index in [0.717, 1.165) is 40.2 Å². The average Bonchev–Trinajstić information content (AvgIpc) is 3.43. The van der Waals surface area contributed by atoms with E-state index in [4.69, 9.17) is 17.0 Å². The molecule has 2 atom stereocenters. The summed E-state index contributed by atoms with van der Waals surface area (Å²) in [5.41, 5.74) is 5.58. The van der Waals surface area contributed by atoms with Crippen molar-refractivity contribution in [2.45, 2.75) is 32.9 Å². The Kier molecular flexibility index (Phi) is 7.64. The number of sulfonamides is 1. The topological polar surface area (TPSA) is 132 Å². The first-order valence-electron chi connectivity index (χ1n) is 13.0. The van der Waals surface area contributed by atoms with E-state index in [0.29, 0.717) is 22.2 Å². The summed E-state index contributed by atoms with van der Waals surface area (Å²) < 4.78 is 33.4. The summed E-state index contributed by atoms with van der Waals surface area (Å²) in [5, 5.41) is 16.0. The minimum atomic E-state index is -3.46. The van der Waals surface area contributed by atoms with Crippen LogP contribution < -0.4 is 19.7 Å². The van der Waals surface area contributed by atoms with Crippen molar-refractivity contribution in [3.63, 3.8) is 0 Å². The van der Waals surface area contributed by atoms with Gasteiger partial charge in [-0.05, 0) is 92.6 Å². The van der Waals surface area contributed by atoms with Crippen LogP contribution in [0.1, 0.15) is 40.3 Å². The summed E-state index contributed by atoms with van der Waals surface area (Å²) in [7, 11) is -1.99. The number of hydrogen-bond acceptors (Lipinski definition) is 7. The number of aryl methyl sites for hydroxylation is 2. The second-order valence-electron chi connectivity index (χ2n) is 10.1. The van der Waals surface area contributed by atoms with Gasteiger partial charge in [0.15, 0.2) is 5.11 Å². The van der Waals surface area contributed by atoms with Crippen molar-refractivity contribution in [1.29, 1.82) is 0 Å². The van der Waals surface area contributed by atoms with Crippen molar-refractivity contribution in [3.05, 3.63) is 105 Å². The molecule has 42 heavy (non-hydrogen) atoms. The molecule has 0 unspecified atom stereocenters. The first-order valence-corrected chi connectivity index (χ1v) is 15.3. The second-order valence-corrected chi connectivity index (χ2v) is 12.3. The lowest BCUT2D eigenvalue weighted by molar-refractivity contribution is -0.384. The summed E-state index contributed by atoms with van der Waals surface area (Å²) in [6, 6.07) is 17.2. The maximum absolute atomic E-state index is 12.1. The average molecular weight is 607 g/mol. The normalized spacial score (nSPS) is 16.8. The molecule has 2 aromatic carbocycles. The van der Waals surface area contributed by atoms with Crippen LogP contribution >= 0.6 is 12.2 Å². The minimum absolute atomic E-state index is 0.0783. The minimum Gasteiger partial charge on any atom is -0.496 e. The highest BCUT2D eigenvalue weighted by atomic mass is 32.2. The Morgan fingerprint density at radius 3 is 2.48 bits per heavy atom. The fourth-order valence-corrected chi connectivity index (χ4v) is 6.46.